The fourth-order valence-corrected chi connectivity index (χ4v) is 9.32. The SMILES string of the molecule is O=C(NCCO)C1=C[C@@H](N(CC23CC4CC(CC(C4)C2)C3)C(=O)C2CCCO2)[C@H](O)[C@H]2Oc3ccccc3[C@@H]12. The number of amides is 2. The lowest BCUT2D eigenvalue weighted by molar-refractivity contribution is -0.154. The highest BCUT2D eigenvalue weighted by atomic mass is 16.5. The van der Waals surface area contributed by atoms with Crippen LogP contribution in [0.15, 0.2) is 35.9 Å². The van der Waals surface area contributed by atoms with Crippen LogP contribution in [0.3, 0.4) is 0 Å². The summed E-state index contributed by atoms with van der Waals surface area (Å²) in [6.07, 6.45) is 8.53. The van der Waals surface area contributed by atoms with Gasteiger partial charge in [0.1, 0.15) is 24.1 Å². The topological polar surface area (TPSA) is 108 Å². The van der Waals surface area contributed by atoms with Crippen LogP contribution in [-0.2, 0) is 14.3 Å². The molecule has 210 valence electrons. The van der Waals surface area contributed by atoms with E-state index < -0.39 is 30.3 Å². The molecule has 8 heteroatoms. The van der Waals surface area contributed by atoms with Crippen LogP contribution < -0.4 is 10.1 Å². The maximum atomic E-state index is 14.2. The van der Waals surface area contributed by atoms with E-state index in [1.165, 1.54) is 19.3 Å². The molecule has 4 bridgehead atoms. The van der Waals surface area contributed by atoms with Crippen molar-refractivity contribution >= 4 is 11.8 Å². The van der Waals surface area contributed by atoms with E-state index in [2.05, 4.69) is 5.32 Å². The molecule has 0 aromatic heterocycles. The lowest BCUT2D eigenvalue weighted by Crippen LogP contribution is -2.61. The van der Waals surface area contributed by atoms with Crippen molar-refractivity contribution in [3.05, 3.63) is 41.5 Å². The van der Waals surface area contributed by atoms with Crippen molar-refractivity contribution in [1.82, 2.24) is 10.2 Å². The Hall–Kier alpha value is -2.42. The summed E-state index contributed by atoms with van der Waals surface area (Å²) in [5.74, 6) is 2.05. The monoisotopic (exact) mass is 536 g/mol. The summed E-state index contributed by atoms with van der Waals surface area (Å²) in [5.41, 5.74) is 1.42. The Kier molecular flexibility index (Phi) is 6.48. The lowest BCUT2D eigenvalue weighted by atomic mass is 9.49. The number of hydrogen-bond donors (Lipinski definition) is 3. The Morgan fingerprint density at radius 3 is 2.46 bits per heavy atom. The molecule has 3 N–H and O–H groups in total. The Morgan fingerprint density at radius 1 is 1.08 bits per heavy atom. The number of nitrogens with one attached hydrogen (secondary N) is 1. The van der Waals surface area contributed by atoms with Crippen molar-refractivity contribution in [1.29, 1.82) is 0 Å². The maximum absolute atomic E-state index is 14.2. The summed E-state index contributed by atoms with van der Waals surface area (Å²) < 4.78 is 12.2. The van der Waals surface area contributed by atoms with Gasteiger partial charge in [-0.1, -0.05) is 18.2 Å². The van der Waals surface area contributed by atoms with Gasteiger partial charge in [-0.15, -0.1) is 0 Å². The minimum Gasteiger partial charge on any atom is -0.486 e. The Labute approximate surface area is 229 Å². The van der Waals surface area contributed by atoms with Crippen molar-refractivity contribution in [2.45, 2.75) is 81.6 Å². The van der Waals surface area contributed by atoms with Crippen LogP contribution in [0.2, 0.25) is 0 Å². The molecule has 2 amide bonds. The fraction of sp³-hybridized carbons (Fsp3) is 0.677. The van der Waals surface area contributed by atoms with E-state index in [-0.39, 0.29) is 30.4 Å². The third kappa shape index (κ3) is 4.39. The van der Waals surface area contributed by atoms with E-state index in [1.807, 2.05) is 35.2 Å². The number of hydrogen-bond acceptors (Lipinski definition) is 6. The molecule has 8 rings (SSSR count). The van der Waals surface area contributed by atoms with Crippen molar-refractivity contribution in [2.24, 2.45) is 23.2 Å². The largest absolute Gasteiger partial charge is 0.486 e. The standard InChI is InChI=1S/C31H40N2O6/c34-8-7-32-29(36)22-13-23(27(35)28-26(22)21-4-1-2-5-24(21)39-28)33(30(37)25-6-3-9-38-25)17-31-14-18-10-19(15-31)12-20(11-18)16-31/h1-2,4-5,13,18-20,23,25-28,34-35H,3,6-12,14-17H2,(H,32,36)/t18?,19?,20?,23-,25?,26+,27+,28+,31?/m1/s1. The molecule has 1 aromatic rings. The normalized spacial score (nSPS) is 39.5. The van der Waals surface area contributed by atoms with Crippen molar-refractivity contribution < 1.29 is 29.3 Å². The summed E-state index contributed by atoms with van der Waals surface area (Å²) in [7, 11) is 0. The van der Waals surface area contributed by atoms with Crippen LogP contribution >= 0.6 is 0 Å². The van der Waals surface area contributed by atoms with Crippen LogP contribution in [0.25, 0.3) is 0 Å². The van der Waals surface area contributed by atoms with Crippen LogP contribution in [0.5, 0.6) is 5.75 Å². The number of benzene rings is 1. The zero-order chi connectivity index (χ0) is 26.7. The molecule has 1 aromatic carbocycles. The molecule has 7 aliphatic rings. The molecule has 1 saturated heterocycles. The quantitative estimate of drug-likeness (QED) is 0.494. The second-order valence-electron chi connectivity index (χ2n) is 13.1. The van der Waals surface area contributed by atoms with E-state index in [1.54, 1.807) is 0 Å². The molecule has 5 atom stereocenters. The summed E-state index contributed by atoms with van der Waals surface area (Å²) >= 11 is 0. The van der Waals surface area contributed by atoms with Crippen molar-refractivity contribution in [3.8, 4) is 5.75 Å². The molecule has 8 nitrogen and oxygen atoms in total. The minimum atomic E-state index is -0.990. The number of ether oxygens (including phenoxy) is 2. The van der Waals surface area contributed by atoms with Gasteiger partial charge in [0.25, 0.3) is 5.91 Å². The number of carbonyl (C=O) groups is 2. The van der Waals surface area contributed by atoms with Gasteiger partial charge >= 0.3 is 0 Å². The number of para-hydroxylation sites is 1. The van der Waals surface area contributed by atoms with E-state index in [0.29, 0.717) is 30.9 Å². The summed E-state index contributed by atoms with van der Waals surface area (Å²) in [6, 6.07) is 6.90. The van der Waals surface area contributed by atoms with E-state index >= 15 is 0 Å². The number of carbonyl (C=O) groups excluding carboxylic acids is 2. The van der Waals surface area contributed by atoms with E-state index in [9.17, 15) is 19.8 Å². The number of aliphatic hydroxyl groups is 2. The van der Waals surface area contributed by atoms with Gasteiger partial charge < -0.3 is 29.9 Å². The molecule has 0 spiro atoms. The molecule has 1 unspecified atom stereocenters. The predicted octanol–water partition coefficient (Wildman–Crippen LogP) is 2.53. The van der Waals surface area contributed by atoms with Gasteiger partial charge in [0.15, 0.2) is 0 Å². The highest BCUT2D eigenvalue weighted by Gasteiger charge is 2.55. The molecule has 5 aliphatic carbocycles. The third-order valence-electron chi connectivity index (χ3n) is 10.4. The molecule has 39 heavy (non-hydrogen) atoms. The number of fused-ring (bicyclic) bond motifs is 3. The molecule has 0 radical (unpaired) electrons. The van der Waals surface area contributed by atoms with Crippen LogP contribution in [-0.4, -0.2) is 77.6 Å². The van der Waals surface area contributed by atoms with Crippen LogP contribution in [0.4, 0.5) is 0 Å². The molecule has 4 saturated carbocycles. The first kappa shape index (κ1) is 25.5. The van der Waals surface area contributed by atoms with Crippen LogP contribution in [0, 0.1) is 23.2 Å². The minimum absolute atomic E-state index is 0.0617. The van der Waals surface area contributed by atoms with Gasteiger partial charge in [0.2, 0.25) is 5.91 Å². The molecule has 2 heterocycles. The Morgan fingerprint density at radius 2 is 1.79 bits per heavy atom. The van der Waals surface area contributed by atoms with Gasteiger partial charge in [0.05, 0.1) is 18.6 Å². The number of aliphatic hydroxyl groups excluding tert-OH is 2. The highest BCUT2D eigenvalue weighted by Crippen LogP contribution is 2.60. The number of nitrogens with zero attached hydrogens (tertiary/aromatic N) is 1. The maximum Gasteiger partial charge on any atom is 0.252 e. The highest BCUT2D eigenvalue weighted by molar-refractivity contribution is 5.96. The van der Waals surface area contributed by atoms with Gasteiger partial charge in [-0.05, 0) is 86.7 Å². The van der Waals surface area contributed by atoms with Gasteiger partial charge in [-0.25, -0.2) is 0 Å². The Bertz CT molecular complexity index is 1120. The molecule has 5 fully saturated rings. The fourth-order valence-electron chi connectivity index (χ4n) is 9.32. The molecule has 2 aliphatic heterocycles. The predicted molar refractivity (Wildman–Crippen MR) is 143 cm³/mol. The van der Waals surface area contributed by atoms with E-state index in [4.69, 9.17) is 9.47 Å². The third-order valence-corrected chi connectivity index (χ3v) is 10.4. The van der Waals surface area contributed by atoms with E-state index in [0.717, 1.165) is 49.0 Å². The van der Waals surface area contributed by atoms with Gasteiger partial charge in [-0.3, -0.25) is 9.59 Å². The number of rotatable bonds is 7. The van der Waals surface area contributed by atoms with Crippen molar-refractivity contribution in [3.63, 3.8) is 0 Å². The summed E-state index contributed by atoms with van der Waals surface area (Å²) in [6.45, 7) is 1.13. The second kappa shape index (κ2) is 9.89. The van der Waals surface area contributed by atoms with Crippen LogP contribution in [0.1, 0.15) is 62.8 Å². The second-order valence-corrected chi connectivity index (χ2v) is 13.1. The average molecular weight is 537 g/mol. The Balaban J connectivity index is 1.27. The first-order chi connectivity index (χ1) is 18.9. The zero-order valence-corrected chi connectivity index (χ0v) is 22.5. The van der Waals surface area contributed by atoms with Gasteiger partial charge in [0, 0.05) is 30.8 Å². The lowest BCUT2D eigenvalue weighted by Gasteiger charge is -2.58. The summed E-state index contributed by atoms with van der Waals surface area (Å²) in [5, 5.41) is 24.1. The summed E-state index contributed by atoms with van der Waals surface area (Å²) in [4.78, 5) is 29.5. The smallest absolute Gasteiger partial charge is 0.252 e. The molecular formula is C31H40N2O6. The van der Waals surface area contributed by atoms with Crippen molar-refractivity contribution in [2.75, 3.05) is 26.3 Å². The van der Waals surface area contributed by atoms with Gasteiger partial charge in [-0.2, -0.15) is 0 Å². The zero-order valence-electron chi connectivity index (χ0n) is 22.5. The first-order valence-electron chi connectivity index (χ1n) is 14.9. The molecular weight excluding hydrogens is 496 g/mol. The average Bonchev–Trinajstić information content (AvgIpc) is 3.59. The first-order valence-corrected chi connectivity index (χ1v) is 14.9.